The zero-order valence-electron chi connectivity index (χ0n) is 29.4. The Morgan fingerprint density at radius 2 is 1.24 bits per heavy atom. The van der Waals surface area contributed by atoms with Crippen LogP contribution >= 0.6 is 0 Å². The van der Waals surface area contributed by atoms with Crippen molar-refractivity contribution in [2.24, 2.45) is 23.5 Å². The molecule has 1 aromatic carbocycles. The van der Waals surface area contributed by atoms with E-state index in [1.807, 2.05) is 52.0 Å². The summed E-state index contributed by atoms with van der Waals surface area (Å²) in [7, 11) is 0. The fourth-order valence-corrected chi connectivity index (χ4v) is 5.36. The topological polar surface area (TPSA) is 262 Å². The highest BCUT2D eigenvalue weighted by atomic mass is 16.4. The van der Waals surface area contributed by atoms with Crippen LogP contribution in [0.4, 0.5) is 0 Å². The van der Waals surface area contributed by atoms with E-state index in [1.54, 1.807) is 20.0 Å². The monoisotopic (exact) mass is 701 g/mol. The summed E-state index contributed by atoms with van der Waals surface area (Å²) in [5, 5.41) is 32.4. The van der Waals surface area contributed by atoms with Gasteiger partial charge in [-0.2, -0.15) is 0 Å². The molecule has 0 saturated carbocycles. The van der Waals surface area contributed by atoms with Gasteiger partial charge >= 0.3 is 11.9 Å². The first-order valence-corrected chi connectivity index (χ1v) is 16.6. The van der Waals surface area contributed by atoms with Gasteiger partial charge in [-0.25, -0.2) is 4.79 Å². The summed E-state index contributed by atoms with van der Waals surface area (Å²) in [5.41, 5.74) is 6.77. The number of aliphatic carboxylic acids is 2. The van der Waals surface area contributed by atoms with E-state index in [0.717, 1.165) is 10.9 Å². The molecular weight excluding hydrogens is 650 g/mol. The van der Waals surface area contributed by atoms with E-state index in [4.69, 9.17) is 5.73 Å². The Morgan fingerprint density at radius 1 is 0.700 bits per heavy atom. The predicted molar refractivity (Wildman–Crippen MR) is 184 cm³/mol. The molecule has 0 saturated heterocycles. The van der Waals surface area contributed by atoms with Crippen molar-refractivity contribution < 1.29 is 43.8 Å². The summed E-state index contributed by atoms with van der Waals surface area (Å²) in [4.78, 5) is 92.6. The van der Waals surface area contributed by atoms with Crippen molar-refractivity contribution in [3.63, 3.8) is 0 Å². The van der Waals surface area contributed by atoms with Gasteiger partial charge in [-0.1, -0.05) is 59.7 Å². The number of nitrogens with one attached hydrogen (secondary N) is 6. The molecule has 1 aromatic heterocycles. The molecule has 0 spiro atoms. The van der Waals surface area contributed by atoms with E-state index in [0.29, 0.717) is 5.56 Å². The van der Waals surface area contributed by atoms with E-state index >= 15 is 0 Å². The van der Waals surface area contributed by atoms with Crippen LogP contribution in [0.2, 0.25) is 0 Å². The van der Waals surface area contributed by atoms with E-state index in [9.17, 15) is 43.8 Å². The largest absolute Gasteiger partial charge is 0.481 e. The maximum Gasteiger partial charge on any atom is 0.326 e. The van der Waals surface area contributed by atoms with Gasteiger partial charge in [0.2, 0.25) is 29.5 Å². The minimum absolute atomic E-state index is 0.0314. The number of hydrogen-bond donors (Lipinski definition) is 9. The first-order valence-electron chi connectivity index (χ1n) is 16.6. The number of carboxylic acids is 2. The zero-order valence-corrected chi connectivity index (χ0v) is 29.4. The molecule has 2 aromatic rings. The van der Waals surface area contributed by atoms with Crippen molar-refractivity contribution in [3.05, 3.63) is 36.0 Å². The Morgan fingerprint density at radius 3 is 1.80 bits per heavy atom. The molecule has 50 heavy (non-hydrogen) atoms. The molecule has 2 rings (SSSR count). The van der Waals surface area contributed by atoms with Gasteiger partial charge in [-0.05, 0) is 42.2 Å². The molecule has 10 N–H and O–H groups in total. The molecule has 0 fully saturated rings. The van der Waals surface area contributed by atoms with Gasteiger partial charge in [-0.15, -0.1) is 0 Å². The van der Waals surface area contributed by atoms with Crippen molar-refractivity contribution in [1.82, 2.24) is 31.6 Å². The van der Waals surface area contributed by atoms with E-state index in [-0.39, 0.29) is 31.1 Å². The number of carbonyl (C=O) groups is 7. The maximum atomic E-state index is 14.0. The molecule has 276 valence electrons. The van der Waals surface area contributed by atoms with Gasteiger partial charge in [0, 0.05) is 23.5 Å². The summed E-state index contributed by atoms with van der Waals surface area (Å²) < 4.78 is 0. The average molecular weight is 702 g/mol. The third-order valence-electron chi connectivity index (χ3n) is 7.86. The summed E-state index contributed by atoms with van der Waals surface area (Å²) in [6, 6.07) is 0.936. The Balaban J connectivity index is 2.43. The maximum absolute atomic E-state index is 14.0. The van der Waals surface area contributed by atoms with Crippen LogP contribution in [0.25, 0.3) is 10.9 Å². The standard InChI is InChI=1S/C34H51N7O9/c1-17(2)11-23(30(45)40-26(34(49)50)12-18(3)4)38-31(46)24(13-20-16-36-22-10-8-7-9-21(20)22)39-33(48)29(19(5)6)41-32(47)25(14-28(43)44)37-27(42)15-35/h7-10,16-19,23-26,29,36H,11-15,35H2,1-6H3,(H,37,42)(H,38,46)(H,39,48)(H,40,45)(H,41,47)(H,43,44)(H,49,50)/t23-,24-,25-,26-,29-/m0/s1. The minimum Gasteiger partial charge on any atom is -0.481 e. The molecule has 0 aliphatic rings. The van der Waals surface area contributed by atoms with Crippen LogP contribution in [0.5, 0.6) is 0 Å². The average Bonchev–Trinajstić information content (AvgIpc) is 3.43. The van der Waals surface area contributed by atoms with Crippen LogP contribution < -0.4 is 32.3 Å². The number of benzene rings is 1. The lowest BCUT2D eigenvalue weighted by Crippen LogP contribution is -2.60. The van der Waals surface area contributed by atoms with Crippen LogP contribution in [-0.2, 0) is 40.0 Å². The number of para-hydroxylation sites is 1. The second kappa shape index (κ2) is 19.3. The third kappa shape index (κ3) is 12.8. The predicted octanol–water partition coefficient (Wildman–Crippen LogP) is 0.401. The number of nitrogens with two attached hydrogens (primary N) is 1. The fraction of sp³-hybridized carbons (Fsp3) is 0.559. The first kappa shape index (κ1) is 41.2. The van der Waals surface area contributed by atoms with Gasteiger partial charge in [0.1, 0.15) is 30.2 Å². The Labute approximate surface area is 291 Å². The van der Waals surface area contributed by atoms with Crippen molar-refractivity contribution >= 4 is 52.4 Å². The number of rotatable bonds is 20. The van der Waals surface area contributed by atoms with Gasteiger partial charge in [0.25, 0.3) is 0 Å². The third-order valence-corrected chi connectivity index (χ3v) is 7.86. The van der Waals surface area contributed by atoms with Crippen LogP contribution in [0.1, 0.15) is 66.4 Å². The van der Waals surface area contributed by atoms with E-state index in [1.165, 1.54) is 0 Å². The molecule has 5 amide bonds. The summed E-state index contributed by atoms with van der Waals surface area (Å²) >= 11 is 0. The van der Waals surface area contributed by atoms with Crippen LogP contribution in [0.3, 0.4) is 0 Å². The number of carboxylic acid groups (broad SMARTS) is 2. The van der Waals surface area contributed by atoms with Crippen LogP contribution in [0, 0.1) is 17.8 Å². The Kier molecular flexibility index (Phi) is 15.9. The van der Waals surface area contributed by atoms with Crippen molar-refractivity contribution in [2.45, 2.75) is 97.4 Å². The van der Waals surface area contributed by atoms with Crippen LogP contribution in [0.15, 0.2) is 30.5 Å². The molecule has 0 radical (unpaired) electrons. The highest BCUT2D eigenvalue weighted by Crippen LogP contribution is 2.20. The lowest BCUT2D eigenvalue weighted by molar-refractivity contribution is -0.143. The summed E-state index contributed by atoms with van der Waals surface area (Å²) in [5.74, 6) is -7.16. The zero-order chi connectivity index (χ0) is 37.7. The number of hydrogen-bond acceptors (Lipinski definition) is 8. The summed E-state index contributed by atoms with van der Waals surface area (Å²) in [6.07, 6.45) is 1.24. The van der Waals surface area contributed by atoms with Gasteiger partial charge < -0.3 is 47.5 Å². The molecule has 16 heteroatoms. The molecule has 5 atom stereocenters. The molecule has 1 heterocycles. The number of H-pyrrole nitrogens is 1. The van der Waals surface area contributed by atoms with Crippen molar-refractivity contribution in [3.8, 4) is 0 Å². The smallest absolute Gasteiger partial charge is 0.326 e. The second-order valence-corrected chi connectivity index (χ2v) is 13.5. The van der Waals surface area contributed by atoms with Gasteiger partial charge in [-0.3, -0.25) is 28.8 Å². The molecule has 0 bridgehead atoms. The van der Waals surface area contributed by atoms with Crippen LogP contribution in [-0.4, -0.2) is 93.4 Å². The number of amides is 5. The Bertz CT molecular complexity index is 1520. The molecule has 0 aliphatic heterocycles. The highest BCUT2D eigenvalue weighted by Gasteiger charge is 2.34. The summed E-state index contributed by atoms with van der Waals surface area (Å²) in [6.45, 7) is 10.1. The van der Waals surface area contributed by atoms with E-state index in [2.05, 4.69) is 31.6 Å². The minimum atomic E-state index is -1.52. The molecule has 0 unspecified atom stereocenters. The number of fused-ring (bicyclic) bond motifs is 1. The fourth-order valence-electron chi connectivity index (χ4n) is 5.36. The Hall–Kier alpha value is -4.99. The lowest BCUT2D eigenvalue weighted by atomic mass is 9.98. The van der Waals surface area contributed by atoms with Gasteiger partial charge in [0.15, 0.2) is 0 Å². The van der Waals surface area contributed by atoms with Crippen molar-refractivity contribution in [2.75, 3.05) is 6.54 Å². The SMILES string of the molecule is CC(C)C[C@H](NC(=O)[C@H](CC(C)C)NC(=O)[C@H](Cc1c[nH]c2ccccc12)NC(=O)[C@@H](NC(=O)[C@H](CC(=O)O)NC(=O)CN)C(C)C)C(=O)O. The quantitative estimate of drug-likeness (QED) is 0.0918. The van der Waals surface area contributed by atoms with E-state index < -0.39 is 90.6 Å². The number of aromatic amines is 1. The first-order chi connectivity index (χ1) is 23.4. The normalized spacial score (nSPS) is 14.4. The lowest BCUT2D eigenvalue weighted by Gasteiger charge is -2.28. The number of carbonyl (C=O) groups excluding carboxylic acids is 5. The molecular formula is C34H51N7O9. The molecule has 16 nitrogen and oxygen atoms in total. The van der Waals surface area contributed by atoms with Crippen molar-refractivity contribution in [1.29, 1.82) is 0 Å². The van der Waals surface area contributed by atoms with Gasteiger partial charge in [0.05, 0.1) is 13.0 Å². The second-order valence-electron chi connectivity index (χ2n) is 13.5. The highest BCUT2D eigenvalue weighted by molar-refractivity contribution is 5.97. The molecule has 0 aliphatic carbocycles. The number of aromatic nitrogens is 1.